The van der Waals surface area contributed by atoms with Crippen molar-refractivity contribution in [2.24, 2.45) is 28.3 Å². The van der Waals surface area contributed by atoms with E-state index in [1.807, 2.05) is 29.2 Å². The number of rotatable bonds is 7. The minimum absolute atomic E-state index is 0.0424. The highest BCUT2D eigenvalue weighted by Gasteiger charge is 2.54. The molecular weight excluding hydrogens is 374 g/mol. The quantitative estimate of drug-likeness (QED) is 0.528. The minimum atomic E-state index is -0.250. The molecule has 0 atom stereocenters. The van der Waals surface area contributed by atoms with E-state index in [1.54, 1.807) is 0 Å². The lowest BCUT2D eigenvalue weighted by atomic mass is 9.49. The molecule has 4 aliphatic carbocycles. The number of nitrogens with zero attached hydrogens (tertiary/aromatic N) is 2. The van der Waals surface area contributed by atoms with Crippen molar-refractivity contribution < 1.29 is 9.59 Å². The van der Waals surface area contributed by atoms with Gasteiger partial charge in [-0.2, -0.15) is 5.10 Å². The van der Waals surface area contributed by atoms with Crippen molar-refractivity contribution in [2.75, 3.05) is 11.4 Å². The smallest absolute Gasteiger partial charge is 0.279 e. The predicted octanol–water partition coefficient (Wildman–Crippen LogP) is 4.65. The van der Waals surface area contributed by atoms with Gasteiger partial charge in [0.2, 0.25) is 5.91 Å². The summed E-state index contributed by atoms with van der Waals surface area (Å²) < 4.78 is 0. The number of fused-ring (bicyclic) bond motifs is 1. The number of amides is 2. The molecule has 1 aromatic rings. The normalized spacial score (nSPS) is 32.7. The average molecular weight is 408 g/mol. The van der Waals surface area contributed by atoms with Crippen LogP contribution in [0.3, 0.4) is 0 Å². The van der Waals surface area contributed by atoms with Crippen LogP contribution in [0, 0.1) is 23.2 Å². The Labute approximate surface area is 179 Å². The molecular formula is C25H33N3O2. The van der Waals surface area contributed by atoms with Crippen molar-refractivity contribution in [2.45, 2.75) is 71.1 Å². The lowest BCUT2D eigenvalue weighted by Gasteiger charge is -2.55. The third-order valence-corrected chi connectivity index (χ3v) is 7.92. The summed E-state index contributed by atoms with van der Waals surface area (Å²) >= 11 is 0. The first-order chi connectivity index (χ1) is 14.6. The van der Waals surface area contributed by atoms with E-state index in [1.165, 1.54) is 32.1 Å². The van der Waals surface area contributed by atoms with Crippen molar-refractivity contribution in [1.82, 2.24) is 5.43 Å². The van der Waals surface area contributed by atoms with Gasteiger partial charge in [-0.05, 0) is 68.8 Å². The predicted molar refractivity (Wildman–Crippen MR) is 118 cm³/mol. The van der Waals surface area contributed by atoms with Crippen LogP contribution in [0.1, 0.15) is 76.7 Å². The van der Waals surface area contributed by atoms with E-state index in [9.17, 15) is 9.59 Å². The SMILES string of the molecule is CCCCCCN1C(=O)/C(=N\NC(=O)C23CC4CC(CC(C4)C2)C3)c2ccccc21. The van der Waals surface area contributed by atoms with Crippen LogP contribution < -0.4 is 10.3 Å². The molecule has 0 unspecified atom stereocenters. The second kappa shape index (κ2) is 7.82. The third-order valence-electron chi connectivity index (χ3n) is 7.92. The van der Waals surface area contributed by atoms with Gasteiger partial charge in [0.25, 0.3) is 5.91 Å². The zero-order chi connectivity index (χ0) is 20.7. The van der Waals surface area contributed by atoms with Crippen LogP contribution in [0.15, 0.2) is 29.4 Å². The summed E-state index contributed by atoms with van der Waals surface area (Å²) in [7, 11) is 0. The van der Waals surface area contributed by atoms with E-state index < -0.39 is 0 Å². The highest BCUT2D eigenvalue weighted by molar-refractivity contribution is 6.54. The maximum atomic E-state index is 13.3. The van der Waals surface area contributed by atoms with Gasteiger partial charge in [0.15, 0.2) is 5.71 Å². The number of benzene rings is 1. The van der Waals surface area contributed by atoms with Crippen molar-refractivity contribution in [3.05, 3.63) is 29.8 Å². The molecule has 5 heteroatoms. The van der Waals surface area contributed by atoms with Crippen LogP contribution in [-0.4, -0.2) is 24.1 Å². The number of anilines is 1. The van der Waals surface area contributed by atoms with Crippen LogP contribution in [0.5, 0.6) is 0 Å². The number of para-hydroxylation sites is 1. The van der Waals surface area contributed by atoms with Crippen LogP contribution in [0.2, 0.25) is 0 Å². The fraction of sp³-hybridized carbons (Fsp3) is 0.640. The van der Waals surface area contributed by atoms with E-state index >= 15 is 0 Å². The van der Waals surface area contributed by atoms with E-state index in [4.69, 9.17) is 0 Å². The van der Waals surface area contributed by atoms with E-state index in [0.717, 1.165) is 43.4 Å². The van der Waals surface area contributed by atoms with E-state index in [0.29, 0.717) is 30.0 Å². The zero-order valence-electron chi connectivity index (χ0n) is 18.0. The number of hydrogen-bond donors (Lipinski definition) is 1. The van der Waals surface area contributed by atoms with Gasteiger partial charge in [-0.1, -0.05) is 44.4 Å². The number of unbranched alkanes of at least 4 members (excludes halogenated alkanes) is 3. The molecule has 160 valence electrons. The van der Waals surface area contributed by atoms with Gasteiger partial charge >= 0.3 is 0 Å². The Morgan fingerprint density at radius 1 is 1.07 bits per heavy atom. The average Bonchev–Trinajstić information content (AvgIpc) is 2.99. The van der Waals surface area contributed by atoms with Gasteiger partial charge < -0.3 is 4.90 Å². The van der Waals surface area contributed by atoms with Crippen LogP contribution in [0.25, 0.3) is 0 Å². The largest absolute Gasteiger partial charge is 0.306 e. The van der Waals surface area contributed by atoms with Crippen molar-refractivity contribution in [1.29, 1.82) is 0 Å². The lowest BCUT2D eigenvalue weighted by Crippen LogP contribution is -2.53. The molecule has 5 nitrogen and oxygen atoms in total. The molecule has 0 radical (unpaired) electrons. The maximum Gasteiger partial charge on any atom is 0.279 e. The Bertz CT molecular complexity index is 840. The fourth-order valence-electron chi connectivity index (χ4n) is 6.90. The number of carbonyl (C=O) groups is 2. The first-order valence-electron chi connectivity index (χ1n) is 11.9. The van der Waals surface area contributed by atoms with Gasteiger partial charge in [0.1, 0.15) is 0 Å². The Balaban J connectivity index is 1.32. The van der Waals surface area contributed by atoms with Gasteiger partial charge in [-0.25, -0.2) is 5.43 Å². The molecule has 4 saturated carbocycles. The highest BCUT2D eigenvalue weighted by Crippen LogP contribution is 2.60. The number of carbonyl (C=O) groups excluding carboxylic acids is 2. The molecule has 0 spiro atoms. The lowest BCUT2D eigenvalue weighted by molar-refractivity contribution is -0.146. The number of hydrogen-bond acceptors (Lipinski definition) is 3. The Morgan fingerprint density at radius 3 is 2.40 bits per heavy atom. The molecule has 2 amide bonds. The summed E-state index contributed by atoms with van der Waals surface area (Å²) in [6, 6.07) is 7.82. The van der Waals surface area contributed by atoms with Crippen molar-refractivity contribution in [3.8, 4) is 0 Å². The molecule has 1 aromatic carbocycles. The summed E-state index contributed by atoms with van der Waals surface area (Å²) in [5.74, 6) is 2.09. The molecule has 5 aliphatic rings. The van der Waals surface area contributed by atoms with Gasteiger partial charge in [0.05, 0.1) is 11.1 Å². The summed E-state index contributed by atoms with van der Waals surface area (Å²) in [5, 5.41) is 4.42. The molecule has 0 aromatic heterocycles. The first kappa shape index (κ1) is 19.8. The second-order valence-corrected chi connectivity index (χ2v) is 10.1. The fourth-order valence-corrected chi connectivity index (χ4v) is 6.90. The number of nitrogens with one attached hydrogen (secondary N) is 1. The molecule has 4 bridgehead atoms. The van der Waals surface area contributed by atoms with E-state index in [-0.39, 0.29) is 17.2 Å². The third kappa shape index (κ3) is 3.36. The molecule has 1 N–H and O–H groups in total. The van der Waals surface area contributed by atoms with Crippen LogP contribution in [0.4, 0.5) is 5.69 Å². The Morgan fingerprint density at radius 2 is 1.73 bits per heavy atom. The summed E-state index contributed by atoms with van der Waals surface area (Å²) in [6.45, 7) is 2.89. The minimum Gasteiger partial charge on any atom is -0.306 e. The maximum absolute atomic E-state index is 13.3. The summed E-state index contributed by atoms with van der Waals surface area (Å²) in [5.41, 5.74) is 4.74. The van der Waals surface area contributed by atoms with Crippen molar-refractivity contribution in [3.63, 3.8) is 0 Å². The number of hydrazone groups is 1. The van der Waals surface area contributed by atoms with Crippen LogP contribution in [-0.2, 0) is 9.59 Å². The monoisotopic (exact) mass is 407 g/mol. The topological polar surface area (TPSA) is 61.8 Å². The molecule has 1 aliphatic heterocycles. The Kier molecular flexibility index (Phi) is 5.16. The molecule has 4 fully saturated rings. The van der Waals surface area contributed by atoms with Gasteiger partial charge in [-0.3, -0.25) is 9.59 Å². The Hall–Kier alpha value is -2.17. The highest BCUT2D eigenvalue weighted by atomic mass is 16.2. The zero-order valence-corrected chi connectivity index (χ0v) is 18.0. The van der Waals surface area contributed by atoms with Gasteiger partial charge in [0, 0.05) is 12.1 Å². The molecule has 6 rings (SSSR count). The van der Waals surface area contributed by atoms with E-state index in [2.05, 4.69) is 17.5 Å². The van der Waals surface area contributed by atoms with Gasteiger partial charge in [-0.15, -0.1) is 0 Å². The first-order valence-corrected chi connectivity index (χ1v) is 11.9. The molecule has 1 heterocycles. The van der Waals surface area contributed by atoms with Crippen LogP contribution >= 0.6 is 0 Å². The molecule has 0 saturated heterocycles. The second-order valence-electron chi connectivity index (χ2n) is 10.1. The summed E-state index contributed by atoms with van der Waals surface area (Å²) in [4.78, 5) is 28.2. The standard InChI is InChI=1S/C25H33N3O2/c1-2-3-4-7-10-28-21-9-6-5-8-20(21)22(23(28)29)26-27-24(30)25-14-17-11-18(15-25)13-19(12-17)16-25/h5-6,8-9,17-19H,2-4,7,10-16H2,1H3,(H,27,30)/b26-22-. The van der Waals surface area contributed by atoms with Crippen molar-refractivity contribution >= 4 is 23.2 Å². The molecule has 30 heavy (non-hydrogen) atoms. The summed E-state index contributed by atoms with van der Waals surface area (Å²) in [6.07, 6.45) is 11.4.